The van der Waals surface area contributed by atoms with Crippen LogP contribution in [0.3, 0.4) is 0 Å². The van der Waals surface area contributed by atoms with Crippen LogP contribution in [0.5, 0.6) is 0 Å². The van der Waals surface area contributed by atoms with Gasteiger partial charge in [0.25, 0.3) is 5.91 Å². The van der Waals surface area contributed by atoms with Gasteiger partial charge in [-0.1, -0.05) is 30.3 Å². The van der Waals surface area contributed by atoms with Crippen molar-refractivity contribution in [2.45, 2.75) is 25.4 Å². The summed E-state index contributed by atoms with van der Waals surface area (Å²) in [4.78, 5) is 27.8. The molecule has 2 heterocycles. The summed E-state index contributed by atoms with van der Waals surface area (Å²) in [5, 5.41) is 0. The van der Waals surface area contributed by atoms with Gasteiger partial charge in [0.05, 0.1) is 18.3 Å². The first-order valence-corrected chi connectivity index (χ1v) is 8.36. The number of carbonyl (C=O) groups is 1. The molecule has 1 aliphatic rings. The molecule has 0 bridgehead atoms. The minimum Gasteiger partial charge on any atom is -0.378 e. The van der Waals surface area contributed by atoms with Crippen molar-refractivity contribution in [2.75, 3.05) is 19.7 Å². The van der Waals surface area contributed by atoms with Gasteiger partial charge in [0.2, 0.25) is 5.56 Å². The maximum absolute atomic E-state index is 12.4. The Morgan fingerprint density at radius 1 is 1.12 bits per heavy atom. The zero-order valence-corrected chi connectivity index (χ0v) is 13.6. The standard InChI is InChI=1S/C19H22N2O3/c22-18-7-6-16(14-20-18)19(23)21-11-8-17(9-12-21)24-13-10-15-4-2-1-3-5-15/h1-7,14,17H,8-13H2,(H,20,22). The van der Waals surface area contributed by atoms with E-state index in [1.54, 1.807) is 6.07 Å². The van der Waals surface area contributed by atoms with Crippen molar-refractivity contribution in [3.8, 4) is 0 Å². The zero-order chi connectivity index (χ0) is 16.8. The van der Waals surface area contributed by atoms with Gasteiger partial charge < -0.3 is 14.6 Å². The maximum atomic E-state index is 12.4. The molecule has 0 spiro atoms. The van der Waals surface area contributed by atoms with Crippen molar-refractivity contribution in [1.82, 2.24) is 9.88 Å². The van der Waals surface area contributed by atoms with Crippen LogP contribution in [-0.4, -0.2) is 41.6 Å². The number of likely N-dealkylation sites (tertiary alicyclic amines) is 1. The first-order chi connectivity index (χ1) is 11.7. The number of hydrogen-bond donors (Lipinski definition) is 1. The second-order valence-electron chi connectivity index (χ2n) is 6.04. The molecule has 0 aliphatic carbocycles. The lowest BCUT2D eigenvalue weighted by Gasteiger charge is -2.32. The van der Waals surface area contributed by atoms with Crippen molar-refractivity contribution in [2.24, 2.45) is 0 Å². The highest BCUT2D eigenvalue weighted by Crippen LogP contribution is 2.16. The molecule has 1 aromatic heterocycles. The molecule has 2 aromatic rings. The second-order valence-corrected chi connectivity index (χ2v) is 6.04. The number of aromatic amines is 1. The number of nitrogens with one attached hydrogen (secondary N) is 1. The summed E-state index contributed by atoms with van der Waals surface area (Å²) in [7, 11) is 0. The summed E-state index contributed by atoms with van der Waals surface area (Å²) in [5.41, 5.74) is 1.61. The Balaban J connectivity index is 1.43. The topological polar surface area (TPSA) is 62.4 Å². The van der Waals surface area contributed by atoms with Gasteiger partial charge in [-0.2, -0.15) is 0 Å². The van der Waals surface area contributed by atoms with Gasteiger partial charge in [-0.05, 0) is 30.9 Å². The maximum Gasteiger partial charge on any atom is 0.255 e. The Morgan fingerprint density at radius 3 is 2.54 bits per heavy atom. The number of amides is 1. The van der Waals surface area contributed by atoms with Crippen LogP contribution >= 0.6 is 0 Å². The highest BCUT2D eigenvalue weighted by Gasteiger charge is 2.24. The van der Waals surface area contributed by atoms with Crippen LogP contribution < -0.4 is 5.56 Å². The lowest BCUT2D eigenvalue weighted by Crippen LogP contribution is -2.41. The minimum atomic E-state index is -0.197. The molecule has 1 aromatic carbocycles. The van der Waals surface area contributed by atoms with Crippen LogP contribution in [-0.2, 0) is 11.2 Å². The van der Waals surface area contributed by atoms with E-state index in [9.17, 15) is 9.59 Å². The molecule has 0 unspecified atom stereocenters. The Labute approximate surface area is 141 Å². The van der Waals surface area contributed by atoms with Crippen molar-refractivity contribution in [3.05, 3.63) is 70.1 Å². The molecular weight excluding hydrogens is 304 g/mol. The fraction of sp³-hybridized carbons (Fsp3) is 0.368. The number of nitrogens with zero attached hydrogens (tertiary/aromatic N) is 1. The van der Waals surface area contributed by atoms with Gasteiger partial charge >= 0.3 is 0 Å². The smallest absolute Gasteiger partial charge is 0.255 e. The van der Waals surface area contributed by atoms with Crippen LogP contribution in [0.2, 0.25) is 0 Å². The highest BCUT2D eigenvalue weighted by atomic mass is 16.5. The Hall–Kier alpha value is -2.40. The summed E-state index contributed by atoms with van der Waals surface area (Å²) in [6.45, 7) is 2.09. The van der Waals surface area contributed by atoms with Gasteiger partial charge in [-0.15, -0.1) is 0 Å². The number of piperidine rings is 1. The van der Waals surface area contributed by atoms with Crippen LogP contribution in [0.15, 0.2) is 53.5 Å². The van der Waals surface area contributed by atoms with Crippen molar-refractivity contribution >= 4 is 5.91 Å². The van der Waals surface area contributed by atoms with Crippen molar-refractivity contribution < 1.29 is 9.53 Å². The van der Waals surface area contributed by atoms with E-state index in [0.29, 0.717) is 25.3 Å². The lowest BCUT2D eigenvalue weighted by atomic mass is 10.1. The third-order valence-electron chi connectivity index (χ3n) is 4.35. The highest BCUT2D eigenvalue weighted by molar-refractivity contribution is 5.93. The number of carbonyl (C=O) groups excluding carboxylic acids is 1. The molecule has 5 nitrogen and oxygen atoms in total. The van der Waals surface area contributed by atoms with E-state index >= 15 is 0 Å². The van der Waals surface area contributed by atoms with Crippen LogP contribution in [0.25, 0.3) is 0 Å². The third kappa shape index (κ3) is 4.32. The van der Waals surface area contributed by atoms with Crippen molar-refractivity contribution in [1.29, 1.82) is 0 Å². The predicted octanol–water partition coefficient (Wildman–Crippen LogP) is 2.24. The van der Waals surface area contributed by atoms with E-state index in [1.807, 2.05) is 23.1 Å². The Kier molecular flexibility index (Phi) is 5.43. The molecule has 1 aliphatic heterocycles. The molecular formula is C19H22N2O3. The minimum absolute atomic E-state index is 0.0333. The molecule has 24 heavy (non-hydrogen) atoms. The fourth-order valence-corrected chi connectivity index (χ4v) is 2.94. The number of benzene rings is 1. The van der Waals surface area contributed by atoms with Crippen molar-refractivity contribution in [3.63, 3.8) is 0 Å². The fourth-order valence-electron chi connectivity index (χ4n) is 2.94. The third-order valence-corrected chi connectivity index (χ3v) is 4.35. The first-order valence-electron chi connectivity index (χ1n) is 8.36. The summed E-state index contributed by atoms with van der Waals surface area (Å²) >= 11 is 0. The molecule has 126 valence electrons. The van der Waals surface area contributed by atoms with Gasteiger partial charge in [-0.25, -0.2) is 0 Å². The quantitative estimate of drug-likeness (QED) is 0.916. The van der Waals surface area contributed by atoms with E-state index in [1.165, 1.54) is 17.8 Å². The van der Waals surface area contributed by atoms with Crippen LogP contribution in [0, 0.1) is 0 Å². The average Bonchev–Trinajstić information content (AvgIpc) is 2.63. The SMILES string of the molecule is O=C(c1ccc(=O)[nH]c1)N1CCC(OCCc2ccccc2)CC1. The number of pyridine rings is 1. The van der Waals surface area contributed by atoms with Gasteiger partial charge in [-0.3, -0.25) is 9.59 Å². The molecule has 1 amide bonds. The molecule has 0 radical (unpaired) electrons. The summed E-state index contributed by atoms with van der Waals surface area (Å²) in [5.74, 6) is -0.0333. The monoisotopic (exact) mass is 326 g/mol. The summed E-state index contributed by atoms with van der Waals surface area (Å²) < 4.78 is 5.95. The summed E-state index contributed by atoms with van der Waals surface area (Å²) in [6.07, 6.45) is 4.31. The van der Waals surface area contributed by atoms with E-state index in [0.717, 1.165) is 19.3 Å². The number of rotatable bonds is 5. The number of aromatic nitrogens is 1. The normalized spacial score (nSPS) is 15.4. The molecule has 1 N–H and O–H groups in total. The lowest BCUT2D eigenvalue weighted by molar-refractivity contribution is 0.0100. The second kappa shape index (κ2) is 7.93. The first kappa shape index (κ1) is 16.5. The van der Waals surface area contributed by atoms with Gasteiger partial charge in [0.1, 0.15) is 0 Å². The van der Waals surface area contributed by atoms with E-state index < -0.39 is 0 Å². The predicted molar refractivity (Wildman–Crippen MR) is 92.1 cm³/mol. The van der Waals surface area contributed by atoms with Crippen LogP contribution in [0.1, 0.15) is 28.8 Å². The average molecular weight is 326 g/mol. The molecule has 1 saturated heterocycles. The molecule has 0 saturated carbocycles. The Bertz CT molecular complexity index is 698. The van der Waals surface area contributed by atoms with E-state index in [4.69, 9.17) is 4.74 Å². The van der Waals surface area contributed by atoms with E-state index in [2.05, 4.69) is 17.1 Å². The summed E-state index contributed by atoms with van der Waals surface area (Å²) in [6, 6.07) is 13.3. The molecule has 5 heteroatoms. The largest absolute Gasteiger partial charge is 0.378 e. The number of hydrogen-bond acceptors (Lipinski definition) is 3. The Morgan fingerprint density at radius 2 is 1.88 bits per heavy atom. The zero-order valence-electron chi connectivity index (χ0n) is 13.6. The molecule has 3 rings (SSSR count). The van der Waals surface area contributed by atoms with Gasteiger partial charge in [0, 0.05) is 25.4 Å². The number of H-pyrrole nitrogens is 1. The molecule has 1 fully saturated rings. The number of ether oxygens (including phenoxy) is 1. The van der Waals surface area contributed by atoms with E-state index in [-0.39, 0.29) is 17.6 Å². The van der Waals surface area contributed by atoms with Gasteiger partial charge in [0.15, 0.2) is 0 Å². The molecule has 0 atom stereocenters. The van der Waals surface area contributed by atoms with Crippen LogP contribution in [0.4, 0.5) is 0 Å².